The molecule has 0 radical (unpaired) electrons. The predicted molar refractivity (Wildman–Crippen MR) is 89.4 cm³/mol. The lowest BCUT2D eigenvalue weighted by Gasteiger charge is -2.29. The lowest BCUT2D eigenvalue weighted by Crippen LogP contribution is -2.41. The predicted octanol–water partition coefficient (Wildman–Crippen LogP) is 3.10. The average molecular weight is 290 g/mol. The van der Waals surface area contributed by atoms with Gasteiger partial charge in [0.1, 0.15) is 0 Å². The van der Waals surface area contributed by atoms with Crippen LogP contribution in [0.3, 0.4) is 0 Å². The van der Waals surface area contributed by atoms with E-state index in [1.807, 2.05) is 6.07 Å². The van der Waals surface area contributed by atoms with Gasteiger partial charge in [0, 0.05) is 12.6 Å². The van der Waals surface area contributed by atoms with Crippen molar-refractivity contribution in [2.45, 2.75) is 52.5 Å². The van der Waals surface area contributed by atoms with E-state index >= 15 is 0 Å². The number of amides is 1. The highest BCUT2D eigenvalue weighted by molar-refractivity contribution is 5.77. The number of rotatable bonds is 8. The Hall–Kier alpha value is -1.35. The van der Waals surface area contributed by atoms with Gasteiger partial charge in [0.2, 0.25) is 5.91 Å². The van der Waals surface area contributed by atoms with Crippen LogP contribution in [0.25, 0.3) is 0 Å². The summed E-state index contributed by atoms with van der Waals surface area (Å²) in [5.41, 5.74) is 1.44. The van der Waals surface area contributed by atoms with Crippen molar-refractivity contribution in [2.24, 2.45) is 5.92 Å². The van der Waals surface area contributed by atoms with Gasteiger partial charge in [-0.3, -0.25) is 4.79 Å². The molecule has 21 heavy (non-hydrogen) atoms. The maximum absolute atomic E-state index is 11.7. The van der Waals surface area contributed by atoms with Crippen LogP contribution in [0, 0.1) is 5.92 Å². The zero-order chi connectivity index (χ0) is 15.9. The summed E-state index contributed by atoms with van der Waals surface area (Å²) in [7, 11) is 0. The van der Waals surface area contributed by atoms with Gasteiger partial charge in [-0.15, -0.1) is 0 Å². The molecule has 0 bridgehead atoms. The average Bonchev–Trinajstić information content (AvgIpc) is 2.43. The Morgan fingerprint density at radius 2 is 1.76 bits per heavy atom. The van der Waals surface area contributed by atoms with E-state index in [1.54, 1.807) is 0 Å². The van der Waals surface area contributed by atoms with Crippen molar-refractivity contribution in [3.8, 4) is 0 Å². The van der Waals surface area contributed by atoms with Gasteiger partial charge in [-0.1, -0.05) is 58.0 Å². The molecular weight excluding hydrogens is 260 g/mol. The van der Waals surface area contributed by atoms with Crippen molar-refractivity contribution < 1.29 is 4.79 Å². The first-order chi connectivity index (χ1) is 9.81. The molecule has 2 N–H and O–H groups in total. The van der Waals surface area contributed by atoms with Crippen LogP contribution in [0.4, 0.5) is 0 Å². The van der Waals surface area contributed by atoms with E-state index in [2.05, 4.69) is 69.5 Å². The molecule has 1 rings (SSSR count). The SMILES string of the molecule is CC(C)CNC(=O)CNC(C)CC(C)(C)c1ccccc1. The summed E-state index contributed by atoms with van der Waals surface area (Å²) in [5, 5.41) is 6.25. The van der Waals surface area contributed by atoms with Crippen LogP contribution >= 0.6 is 0 Å². The minimum Gasteiger partial charge on any atom is -0.355 e. The molecule has 0 heterocycles. The van der Waals surface area contributed by atoms with Crippen LogP contribution in [0.1, 0.15) is 46.6 Å². The highest BCUT2D eigenvalue weighted by atomic mass is 16.1. The molecule has 0 aliphatic rings. The zero-order valence-corrected chi connectivity index (χ0v) is 14.1. The summed E-state index contributed by atoms with van der Waals surface area (Å²) in [4.78, 5) is 11.7. The van der Waals surface area contributed by atoms with Crippen LogP contribution in [0.2, 0.25) is 0 Å². The van der Waals surface area contributed by atoms with Gasteiger partial charge in [-0.05, 0) is 30.2 Å². The van der Waals surface area contributed by atoms with E-state index in [9.17, 15) is 4.79 Å². The molecule has 0 spiro atoms. The first-order valence-corrected chi connectivity index (χ1v) is 7.87. The summed E-state index contributed by atoms with van der Waals surface area (Å²) < 4.78 is 0. The monoisotopic (exact) mass is 290 g/mol. The van der Waals surface area contributed by atoms with E-state index < -0.39 is 0 Å². The number of carbonyl (C=O) groups excluding carboxylic acids is 1. The molecule has 0 saturated heterocycles. The van der Waals surface area contributed by atoms with Gasteiger partial charge in [0.25, 0.3) is 0 Å². The molecule has 0 aliphatic carbocycles. The fraction of sp³-hybridized carbons (Fsp3) is 0.611. The van der Waals surface area contributed by atoms with Crippen LogP contribution in [-0.4, -0.2) is 25.0 Å². The molecule has 0 aliphatic heterocycles. The summed E-state index contributed by atoms with van der Waals surface area (Å²) >= 11 is 0. The standard InChI is InChI=1S/C18H30N2O/c1-14(2)12-20-17(21)13-19-15(3)11-18(4,5)16-9-7-6-8-10-16/h6-10,14-15,19H,11-13H2,1-5H3,(H,20,21). The first-order valence-electron chi connectivity index (χ1n) is 7.87. The van der Waals surface area contributed by atoms with Crippen LogP contribution in [0.5, 0.6) is 0 Å². The quantitative estimate of drug-likeness (QED) is 0.772. The number of hydrogen-bond acceptors (Lipinski definition) is 2. The minimum absolute atomic E-state index is 0.0769. The second kappa shape index (κ2) is 8.18. The fourth-order valence-corrected chi connectivity index (χ4v) is 2.49. The zero-order valence-electron chi connectivity index (χ0n) is 14.1. The van der Waals surface area contributed by atoms with Crippen molar-refractivity contribution >= 4 is 5.91 Å². The number of hydrogen-bond donors (Lipinski definition) is 2. The van der Waals surface area contributed by atoms with E-state index in [0.29, 0.717) is 18.5 Å². The topological polar surface area (TPSA) is 41.1 Å². The molecule has 1 aromatic rings. The minimum atomic E-state index is 0.0769. The van der Waals surface area contributed by atoms with Gasteiger partial charge in [0.15, 0.2) is 0 Å². The molecule has 0 aromatic heterocycles. The highest BCUT2D eigenvalue weighted by Crippen LogP contribution is 2.27. The smallest absolute Gasteiger partial charge is 0.233 e. The van der Waals surface area contributed by atoms with Crippen molar-refractivity contribution in [1.29, 1.82) is 0 Å². The van der Waals surface area contributed by atoms with Gasteiger partial charge in [0.05, 0.1) is 6.54 Å². The molecule has 1 unspecified atom stereocenters. The van der Waals surface area contributed by atoms with E-state index in [1.165, 1.54) is 5.56 Å². The Balaban J connectivity index is 2.39. The molecule has 3 heteroatoms. The largest absolute Gasteiger partial charge is 0.355 e. The summed E-state index contributed by atoms with van der Waals surface area (Å²) in [6.07, 6.45) is 0.995. The molecule has 0 fully saturated rings. The highest BCUT2D eigenvalue weighted by Gasteiger charge is 2.23. The second-order valence-electron chi connectivity index (χ2n) is 6.93. The molecule has 1 aromatic carbocycles. The number of benzene rings is 1. The van der Waals surface area contributed by atoms with E-state index in [4.69, 9.17) is 0 Å². The second-order valence-corrected chi connectivity index (χ2v) is 6.93. The van der Waals surface area contributed by atoms with Gasteiger partial charge in [-0.25, -0.2) is 0 Å². The Labute approximate surface area is 129 Å². The van der Waals surface area contributed by atoms with Crippen LogP contribution < -0.4 is 10.6 Å². The Bertz CT molecular complexity index is 426. The lowest BCUT2D eigenvalue weighted by atomic mass is 9.79. The molecule has 1 amide bonds. The summed E-state index contributed by atoms with van der Waals surface area (Å²) in [6, 6.07) is 10.8. The molecule has 0 saturated carbocycles. The van der Waals surface area contributed by atoms with Crippen molar-refractivity contribution in [3.05, 3.63) is 35.9 Å². The van der Waals surface area contributed by atoms with Gasteiger partial charge in [-0.2, -0.15) is 0 Å². The Morgan fingerprint density at radius 3 is 2.33 bits per heavy atom. The Morgan fingerprint density at radius 1 is 1.14 bits per heavy atom. The maximum atomic E-state index is 11.7. The van der Waals surface area contributed by atoms with Crippen molar-refractivity contribution in [2.75, 3.05) is 13.1 Å². The normalized spacial score (nSPS) is 13.2. The third-order valence-electron chi connectivity index (χ3n) is 3.69. The third-order valence-corrected chi connectivity index (χ3v) is 3.69. The summed E-state index contributed by atoms with van der Waals surface area (Å²) in [6.45, 7) is 12.0. The molecule has 1 atom stereocenters. The lowest BCUT2D eigenvalue weighted by molar-refractivity contribution is -0.120. The third kappa shape index (κ3) is 6.76. The fourth-order valence-electron chi connectivity index (χ4n) is 2.49. The maximum Gasteiger partial charge on any atom is 0.233 e. The van der Waals surface area contributed by atoms with Crippen molar-refractivity contribution in [1.82, 2.24) is 10.6 Å². The molecular formula is C18H30N2O. The van der Waals surface area contributed by atoms with Crippen LogP contribution in [-0.2, 0) is 10.2 Å². The van der Waals surface area contributed by atoms with E-state index in [-0.39, 0.29) is 11.3 Å². The number of nitrogens with one attached hydrogen (secondary N) is 2. The Kier molecular flexibility index (Phi) is 6.90. The first kappa shape index (κ1) is 17.7. The van der Waals surface area contributed by atoms with Crippen LogP contribution in [0.15, 0.2) is 30.3 Å². The van der Waals surface area contributed by atoms with Gasteiger partial charge < -0.3 is 10.6 Å². The summed E-state index contributed by atoms with van der Waals surface area (Å²) in [5.74, 6) is 0.566. The number of carbonyl (C=O) groups is 1. The molecule has 3 nitrogen and oxygen atoms in total. The van der Waals surface area contributed by atoms with E-state index in [0.717, 1.165) is 13.0 Å². The van der Waals surface area contributed by atoms with Crippen molar-refractivity contribution in [3.63, 3.8) is 0 Å². The van der Waals surface area contributed by atoms with Gasteiger partial charge >= 0.3 is 0 Å². The molecule has 118 valence electrons.